The van der Waals surface area contributed by atoms with E-state index in [0.717, 1.165) is 5.56 Å². The van der Waals surface area contributed by atoms with Gasteiger partial charge in [0.2, 0.25) is 11.7 Å². The molecule has 0 spiro atoms. The topological polar surface area (TPSA) is 116 Å². The Morgan fingerprint density at radius 1 is 0.875 bits per heavy atom. The number of amides is 1. The van der Waals surface area contributed by atoms with Crippen molar-refractivity contribution in [1.82, 2.24) is 5.32 Å². The van der Waals surface area contributed by atoms with E-state index in [1.807, 2.05) is 6.07 Å². The fraction of sp³-hybridized carbons (Fsp3) is 0.125. The van der Waals surface area contributed by atoms with Gasteiger partial charge in [-0.15, -0.1) is 0 Å². The van der Waals surface area contributed by atoms with Crippen molar-refractivity contribution in [2.45, 2.75) is 12.5 Å². The maximum Gasteiger partial charge on any atom is 0.326 e. The van der Waals surface area contributed by atoms with Crippen LogP contribution in [0.4, 0.5) is 5.69 Å². The third-order valence-electron chi connectivity index (χ3n) is 4.59. The van der Waals surface area contributed by atoms with Crippen LogP contribution in [0.1, 0.15) is 27.6 Å². The van der Waals surface area contributed by atoms with E-state index in [4.69, 9.17) is 4.74 Å². The van der Waals surface area contributed by atoms with Gasteiger partial charge in [0.1, 0.15) is 6.54 Å². The van der Waals surface area contributed by atoms with Crippen LogP contribution in [0.15, 0.2) is 84.9 Å². The van der Waals surface area contributed by atoms with Gasteiger partial charge in [-0.05, 0) is 17.7 Å². The van der Waals surface area contributed by atoms with Gasteiger partial charge in [-0.2, -0.15) is 0 Å². The largest absolute Gasteiger partial charge is 0.448 e. The lowest BCUT2D eigenvalue weighted by molar-refractivity contribution is -0.384. The van der Waals surface area contributed by atoms with E-state index in [-0.39, 0.29) is 23.6 Å². The second-order valence-electron chi connectivity index (χ2n) is 6.89. The van der Waals surface area contributed by atoms with Crippen LogP contribution in [-0.2, 0) is 20.7 Å². The molecule has 0 fully saturated rings. The number of Topliss-reactive ketones (excluding diaryl/α,β-unsaturated/α-hetero) is 1. The zero-order valence-electron chi connectivity index (χ0n) is 17.0. The summed E-state index contributed by atoms with van der Waals surface area (Å²) < 4.78 is 5.38. The van der Waals surface area contributed by atoms with Crippen molar-refractivity contribution in [3.63, 3.8) is 0 Å². The van der Waals surface area contributed by atoms with E-state index in [9.17, 15) is 24.5 Å². The van der Waals surface area contributed by atoms with Crippen LogP contribution >= 0.6 is 0 Å². The zero-order valence-corrected chi connectivity index (χ0v) is 17.0. The molecule has 162 valence electrons. The number of ether oxygens (including phenoxy) is 1. The molecule has 0 aliphatic rings. The number of nitrogens with one attached hydrogen (secondary N) is 1. The van der Waals surface area contributed by atoms with Crippen LogP contribution in [-0.4, -0.2) is 29.1 Å². The van der Waals surface area contributed by atoms with Gasteiger partial charge < -0.3 is 10.1 Å². The van der Waals surface area contributed by atoms with Crippen molar-refractivity contribution in [1.29, 1.82) is 0 Å². The van der Waals surface area contributed by atoms with Crippen LogP contribution in [0.2, 0.25) is 0 Å². The number of carbonyl (C=O) groups is 3. The Morgan fingerprint density at radius 3 is 2.06 bits per heavy atom. The summed E-state index contributed by atoms with van der Waals surface area (Å²) in [5, 5.41) is 13.4. The summed E-state index contributed by atoms with van der Waals surface area (Å²) >= 11 is 0. The quantitative estimate of drug-likeness (QED) is 0.240. The molecule has 8 nitrogen and oxygen atoms in total. The molecule has 3 aromatic carbocycles. The summed E-state index contributed by atoms with van der Waals surface area (Å²) in [5.74, 6) is -1.66. The molecule has 0 saturated carbocycles. The normalized spacial score (nSPS) is 11.2. The van der Waals surface area contributed by atoms with Crippen LogP contribution in [0, 0.1) is 10.1 Å². The summed E-state index contributed by atoms with van der Waals surface area (Å²) in [4.78, 5) is 47.8. The van der Waals surface area contributed by atoms with Gasteiger partial charge >= 0.3 is 5.97 Å². The number of carbonyl (C=O) groups excluding carboxylic acids is 3. The Hall–Kier alpha value is -4.33. The number of non-ortho nitro benzene ring substituents is 1. The first-order valence-electron chi connectivity index (χ1n) is 9.78. The standard InChI is InChI=1S/C24H20N2O6/c27-21(15-17-7-3-1-4-8-17)25-16-22(28)32-24(23(29)18-9-5-2-6-10-18)19-11-13-20(14-12-19)26(30)31/h1-14,24H,15-16H2,(H,25,27)/t24-/m1/s1. The number of benzene rings is 3. The number of nitro groups is 1. The first-order valence-corrected chi connectivity index (χ1v) is 9.78. The second-order valence-corrected chi connectivity index (χ2v) is 6.89. The maximum atomic E-state index is 13.0. The number of nitro benzene ring substituents is 1. The molecule has 1 N–H and O–H groups in total. The summed E-state index contributed by atoms with van der Waals surface area (Å²) in [5.41, 5.74) is 1.24. The maximum absolute atomic E-state index is 13.0. The van der Waals surface area contributed by atoms with Crippen molar-refractivity contribution in [3.8, 4) is 0 Å². The summed E-state index contributed by atoms with van der Waals surface area (Å²) in [7, 11) is 0. The highest BCUT2D eigenvalue weighted by Crippen LogP contribution is 2.25. The Kier molecular flexibility index (Phi) is 7.42. The molecular weight excluding hydrogens is 412 g/mol. The fourth-order valence-corrected chi connectivity index (χ4v) is 2.99. The molecule has 0 aliphatic carbocycles. The Balaban J connectivity index is 1.70. The number of rotatable bonds is 9. The lowest BCUT2D eigenvalue weighted by Gasteiger charge is -2.17. The van der Waals surface area contributed by atoms with Gasteiger partial charge in [-0.1, -0.05) is 60.7 Å². The van der Waals surface area contributed by atoms with E-state index in [1.54, 1.807) is 54.6 Å². The molecule has 0 saturated heterocycles. The smallest absolute Gasteiger partial charge is 0.326 e. The monoisotopic (exact) mass is 432 g/mol. The van der Waals surface area contributed by atoms with Crippen LogP contribution in [0.5, 0.6) is 0 Å². The van der Waals surface area contributed by atoms with Crippen molar-refractivity contribution in [2.24, 2.45) is 0 Å². The number of ketones is 1. The molecule has 0 heterocycles. The van der Waals surface area contributed by atoms with Crippen LogP contribution < -0.4 is 5.32 Å². The van der Waals surface area contributed by atoms with Crippen molar-refractivity contribution in [3.05, 3.63) is 112 Å². The third kappa shape index (κ3) is 6.09. The Labute approximate surface area is 184 Å². The third-order valence-corrected chi connectivity index (χ3v) is 4.59. The predicted molar refractivity (Wildman–Crippen MR) is 116 cm³/mol. The number of hydrogen-bond acceptors (Lipinski definition) is 6. The van der Waals surface area contributed by atoms with Crippen molar-refractivity contribution >= 4 is 23.3 Å². The van der Waals surface area contributed by atoms with Gasteiger partial charge in [-0.3, -0.25) is 24.5 Å². The predicted octanol–water partition coefficient (Wildman–Crippen LogP) is 3.42. The zero-order chi connectivity index (χ0) is 22.9. The minimum atomic E-state index is -1.31. The van der Waals surface area contributed by atoms with Gasteiger partial charge in [0, 0.05) is 23.3 Å². The lowest BCUT2D eigenvalue weighted by Crippen LogP contribution is -2.33. The average molecular weight is 432 g/mol. The number of nitrogens with zero attached hydrogens (tertiary/aromatic N) is 1. The fourth-order valence-electron chi connectivity index (χ4n) is 2.99. The minimum Gasteiger partial charge on any atom is -0.448 e. The van der Waals surface area contributed by atoms with Crippen molar-refractivity contribution < 1.29 is 24.0 Å². The molecule has 0 unspecified atom stereocenters. The Bertz CT molecular complexity index is 1100. The summed E-state index contributed by atoms with van der Waals surface area (Å²) in [6.07, 6.45) is -1.21. The summed E-state index contributed by atoms with van der Waals surface area (Å²) in [6.45, 7) is -0.419. The summed E-state index contributed by atoms with van der Waals surface area (Å²) in [6, 6.07) is 22.5. The molecule has 0 aliphatic heterocycles. The highest BCUT2D eigenvalue weighted by atomic mass is 16.6. The molecular formula is C24H20N2O6. The lowest BCUT2D eigenvalue weighted by atomic mass is 9.99. The molecule has 1 amide bonds. The van der Waals surface area contributed by atoms with Crippen LogP contribution in [0.3, 0.4) is 0 Å². The Morgan fingerprint density at radius 2 is 1.47 bits per heavy atom. The molecule has 8 heteroatoms. The SMILES string of the molecule is O=C(Cc1ccccc1)NCC(=O)O[C@@H](C(=O)c1ccccc1)c1ccc([N+](=O)[O-])cc1. The second kappa shape index (κ2) is 10.6. The molecule has 3 rings (SSSR count). The first kappa shape index (κ1) is 22.4. The van der Waals surface area contributed by atoms with Gasteiger partial charge in [-0.25, -0.2) is 0 Å². The van der Waals surface area contributed by atoms with E-state index < -0.39 is 29.3 Å². The van der Waals surface area contributed by atoms with E-state index in [0.29, 0.717) is 5.56 Å². The number of esters is 1. The van der Waals surface area contributed by atoms with E-state index in [2.05, 4.69) is 5.32 Å². The average Bonchev–Trinajstić information content (AvgIpc) is 2.82. The van der Waals surface area contributed by atoms with Crippen molar-refractivity contribution in [2.75, 3.05) is 6.54 Å². The van der Waals surface area contributed by atoms with Crippen LogP contribution in [0.25, 0.3) is 0 Å². The van der Waals surface area contributed by atoms with Gasteiger partial charge in [0.25, 0.3) is 5.69 Å². The molecule has 0 radical (unpaired) electrons. The highest BCUT2D eigenvalue weighted by Gasteiger charge is 2.27. The molecule has 1 atom stereocenters. The minimum absolute atomic E-state index is 0.100. The van der Waals surface area contributed by atoms with E-state index in [1.165, 1.54) is 24.3 Å². The molecule has 32 heavy (non-hydrogen) atoms. The van der Waals surface area contributed by atoms with Gasteiger partial charge in [0.05, 0.1) is 11.3 Å². The van der Waals surface area contributed by atoms with Gasteiger partial charge in [0.15, 0.2) is 6.10 Å². The number of hydrogen-bond donors (Lipinski definition) is 1. The highest BCUT2D eigenvalue weighted by molar-refractivity contribution is 6.01. The first-order chi connectivity index (χ1) is 15.4. The molecule has 0 bridgehead atoms. The molecule has 0 aromatic heterocycles. The van der Waals surface area contributed by atoms with E-state index >= 15 is 0 Å². The molecule has 3 aromatic rings.